The van der Waals surface area contributed by atoms with E-state index in [1.807, 2.05) is 41.1 Å². The summed E-state index contributed by atoms with van der Waals surface area (Å²) in [5.74, 6) is 0.427. The van der Waals surface area contributed by atoms with Crippen molar-refractivity contribution in [2.24, 2.45) is 10.7 Å². The van der Waals surface area contributed by atoms with Crippen molar-refractivity contribution in [1.29, 1.82) is 0 Å². The van der Waals surface area contributed by atoms with Crippen LogP contribution >= 0.6 is 24.0 Å². The minimum absolute atomic E-state index is 0. The minimum Gasteiger partial charge on any atom is -0.370 e. The number of nitrogens with zero attached hydrogens (tertiary/aromatic N) is 3. The van der Waals surface area contributed by atoms with Crippen LogP contribution in [0.1, 0.15) is 0 Å². The highest BCUT2D eigenvalue weighted by Gasteiger charge is 1.93. The normalized spacial score (nSPS) is 10.8. The predicted molar refractivity (Wildman–Crippen MR) is 84.2 cm³/mol. The Morgan fingerprint density at radius 1 is 1.33 bits per heavy atom. The van der Waals surface area contributed by atoms with Crippen LogP contribution in [0.4, 0.5) is 5.69 Å². The standard InChI is InChI=1S/C12H15N5.HI/c13-12(16-11-4-2-1-3-5-11)15-7-9-17-8-6-14-10-17;/h1-6,8,10H,7,9H2,(H3,13,15,16);1H. The lowest BCUT2D eigenvalue weighted by Crippen LogP contribution is -2.23. The number of hydrogen-bond acceptors (Lipinski definition) is 2. The molecule has 96 valence electrons. The largest absolute Gasteiger partial charge is 0.370 e. The Kier molecular flexibility index (Phi) is 6.20. The molecule has 0 amide bonds. The SMILES string of the molecule is I.NC(=NCCn1ccnc1)Nc1ccccc1. The van der Waals surface area contributed by atoms with E-state index in [1.54, 1.807) is 12.5 Å². The molecule has 0 saturated carbocycles. The van der Waals surface area contributed by atoms with Gasteiger partial charge in [-0.2, -0.15) is 0 Å². The number of rotatable bonds is 4. The van der Waals surface area contributed by atoms with Gasteiger partial charge >= 0.3 is 0 Å². The summed E-state index contributed by atoms with van der Waals surface area (Å²) in [6.07, 6.45) is 5.40. The number of benzene rings is 1. The maximum atomic E-state index is 5.76. The molecule has 5 nitrogen and oxygen atoms in total. The first-order valence-electron chi connectivity index (χ1n) is 5.42. The molecule has 0 atom stereocenters. The van der Waals surface area contributed by atoms with Crippen LogP contribution in [-0.4, -0.2) is 22.1 Å². The molecular formula is C12H16IN5. The van der Waals surface area contributed by atoms with Crippen LogP contribution < -0.4 is 11.1 Å². The average molecular weight is 357 g/mol. The highest BCUT2D eigenvalue weighted by atomic mass is 127. The predicted octanol–water partition coefficient (Wildman–Crippen LogP) is 1.93. The van der Waals surface area contributed by atoms with E-state index in [0.29, 0.717) is 12.5 Å². The van der Waals surface area contributed by atoms with Gasteiger partial charge in [-0.25, -0.2) is 4.98 Å². The van der Waals surface area contributed by atoms with Gasteiger partial charge in [0.2, 0.25) is 0 Å². The molecule has 0 spiro atoms. The van der Waals surface area contributed by atoms with Crippen LogP contribution in [0.15, 0.2) is 54.0 Å². The van der Waals surface area contributed by atoms with E-state index in [0.717, 1.165) is 12.2 Å². The Labute approximate surface area is 123 Å². The van der Waals surface area contributed by atoms with Crippen molar-refractivity contribution >= 4 is 35.6 Å². The Morgan fingerprint density at radius 3 is 2.78 bits per heavy atom. The van der Waals surface area contributed by atoms with Crippen molar-refractivity contribution in [1.82, 2.24) is 9.55 Å². The average Bonchev–Trinajstić information content (AvgIpc) is 2.83. The lowest BCUT2D eigenvalue weighted by Gasteiger charge is -2.05. The second kappa shape index (κ2) is 7.70. The van der Waals surface area contributed by atoms with Crippen LogP contribution in [0.3, 0.4) is 0 Å². The van der Waals surface area contributed by atoms with Gasteiger partial charge in [0.25, 0.3) is 0 Å². The Bertz CT molecular complexity index is 466. The summed E-state index contributed by atoms with van der Waals surface area (Å²) < 4.78 is 1.96. The molecule has 0 saturated heterocycles. The summed E-state index contributed by atoms with van der Waals surface area (Å²) in [6, 6.07) is 9.73. The zero-order valence-corrected chi connectivity index (χ0v) is 12.2. The fraction of sp³-hybridized carbons (Fsp3) is 0.167. The van der Waals surface area contributed by atoms with Crippen LogP contribution in [0.5, 0.6) is 0 Å². The lowest BCUT2D eigenvalue weighted by atomic mass is 10.3. The van der Waals surface area contributed by atoms with Crippen molar-refractivity contribution in [3.8, 4) is 0 Å². The van der Waals surface area contributed by atoms with E-state index in [4.69, 9.17) is 5.73 Å². The maximum Gasteiger partial charge on any atom is 0.193 e. The van der Waals surface area contributed by atoms with Gasteiger partial charge in [0.1, 0.15) is 0 Å². The number of hydrogen-bond donors (Lipinski definition) is 2. The molecule has 2 rings (SSSR count). The van der Waals surface area contributed by atoms with E-state index < -0.39 is 0 Å². The Hall–Kier alpha value is -1.57. The molecule has 1 aromatic heterocycles. The van der Waals surface area contributed by atoms with Crippen molar-refractivity contribution in [2.75, 3.05) is 11.9 Å². The van der Waals surface area contributed by atoms with Gasteiger partial charge in [0.05, 0.1) is 12.9 Å². The summed E-state index contributed by atoms with van der Waals surface area (Å²) in [4.78, 5) is 8.18. The fourth-order valence-corrected chi connectivity index (χ4v) is 1.41. The number of para-hydroxylation sites is 1. The van der Waals surface area contributed by atoms with Crippen molar-refractivity contribution in [2.45, 2.75) is 6.54 Å². The number of aliphatic imine (C=N–C) groups is 1. The van der Waals surface area contributed by atoms with Crippen LogP contribution in [0.2, 0.25) is 0 Å². The smallest absolute Gasteiger partial charge is 0.193 e. The number of aromatic nitrogens is 2. The molecule has 6 heteroatoms. The molecule has 0 unspecified atom stereocenters. The van der Waals surface area contributed by atoms with Crippen LogP contribution in [0.25, 0.3) is 0 Å². The molecule has 1 heterocycles. The van der Waals surface area contributed by atoms with E-state index in [-0.39, 0.29) is 24.0 Å². The third-order valence-electron chi connectivity index (χ3n) is 2.25. The number of nitrogens with one attached hydrogen (secondary N) is 1. The molecule has 1 aromatic carbocycles. The first-order chi connectivity index (χ1) is 8.34. The van der Waals surface area contributed by atoms with Gasteiger partial charge in [-0.05, 0) is 12.1 Å². The maximum absolute atomic E-state index is 5.76. The lowest BCUT2D eigenvalue weighted by molar-refractivity contribution is 0.708. The quantitative estimate of drug-likeness (QED) is 0.499. The van der Waals surface area contributed by atoms with Crippen molar-refractivity contribution < 1.29 is 0 Å². The molecule has 0 aliphatic heterocycles. The number of halogens is 1. The van der Waals surface area contributed by atoms with Gasteiger partial charge in [-0.15, -0.1) is 24.0 Å². The minimum atomic E-state index is 0. The van der Waals surface area contributed by atoms with E-state index in [1.165, 1.54) is 0 Å². The number of anilines is 1. The monoisotopic (exact) mass is 357 g/mol. The first-order valence-corrected chi connectivity index (χ1v) is 5.42. The molecule has 0 radical (unpaired) electrons. The Morgan fingerprint density at radius 2 is 2.11 bits per heavy atom. The number of guanidine groups is 1. The summed E-state index contributed by atoms with van der Waals surface area (Å²) in [7, 11) is 0. The van der Waals surface area contributed by atoms with Gasteiger partial charge in [-0.1, -0.05) is 18.2 Å². The number of nitrogens with two attached hydrogens (primary N) is 1. The molecule has 0 fully saturated rings. The fourth-order valence-electron chi connectivity index (χ4n) is 1.41. The van der Waals surface area contributed by atoms with Crippen molar-refractivity contribution in [3.63, 3.8) is 0 Å². The summed E-state index contributed by atoms with van der Waals surface area (Å²) in [6.45, 7) is 1.40. The third kappa shape index (κ3) is 4.74. The second-order valence-corrected chi connectivity index (χ2v) is 3.56. The highest BCUT2D eigenvalue weighted by molar-refractivity contribution is 14.0. The Balaban J connectivity index is 0.00000162. The van der Waals surface area contributed by atoms with E-state index in [2.05, 4.69) is 15.3 Å². The van der Waals surface area contributed by atoms with Crippen LogP contribution in [0, 0.1) is 0 Å². The van der Waals surface area contributed by atoms with E-state index >= 15 is 0 Å². The molecule has 0 bridgehead atoms. The van der Waals surface area contributed by atoms with Gasteiger partial charge < -0.3 is 15.6 Å². The zero-order chi connectivity index (χ0) is 11.9. The van der Waals surface area contributed by atoms with Crippen molar-refractivity contribution in [3.05, 3.63) is 49.1 Å². The molecule has 2 aromatic rings. The summed E-state index contributed by atoms with van der Waals surface area (Å²) in [5, 5.41) is 3.02. The van der Waals surface area contributed by atoms with E-state index in [9.17, 15) is 0 Å². The van der Waals surface area contributed by atoms with Gasteiger partial charge in [0.15, 0.2) is 5.96 Å². The molecule has 3 N–H and O–H groups in total. The highest BCUT2D eigenvalue weighted by Crippen LogP contribution is 2.03. The second-order valence-electron chi connectivity index (χ2n) is 3.56. The van der Waals surface area contributed by atoms with Gasteiger partial charge in [-0.3, -0.25) is 4.99 Å². The summed E-state index contributed by atoms with van der Waals surface area (Å²) in [5.41, 5.74) is 6.70. The summed E-state index contributed by atoms with van der Waals surface area (Å²) >= 11 is 0. The third-order valence-corrected chi connectivity index (χ3v) is 2.25. The topological polar surface area (TPSA) is 68.2 Å². The first kappa shape index (κ1) is 14.5. The zero-order valence-electron chi connectivity index (χ0n) is 9.86. The van der Waals surface area contributed by atoms with Crippen LogP contribution in [-0.2, 0) is 6.54 Å². The molecule has 0 aliphatic carbocycles. The van der Waals surface area contributed by atoms with Gasteiger partial charge in [0, 0.05) is 24.6 Å². The number of imidazole rings is 1. The molecular weight excluding hydrogens is 341 g/mol. The molecule has 18 heavy (non-hydrogen) atoms. The molecule has 0 aliphatic rings.